The van der Waals surface area contributed by atoms with Crippen LogP contribution in [0, 0.1) is 22.7 Å². The summed E-state index contributed by atoms with van der Waals surface area (Å²) in [5.74, 6) is 0.386. The van der Waals surface area contributed by atoms with Gasteiger partial charge >= 0.3 is 0 Å². The summed E-state index contributed by atoms with van der Waals surface area (Å²) in [4.78, 5) is 19.9. The molecule has 0 fully saturated rings. The number of amides is 1. The van der Waals surface area contributed by atoms with Gasteiger partial charge in [-0.15, -0.1) is 11.3 Å². The van der Waals surface area contributed by atoms with Crippen LogP contribution in [0.25, 0.3) is 22.2 Å². The molecular formula is C33H35ClN3OS-. The first-order valence-corrected chi connectivity index (χ1v) is 14.5. The summed E-state index contributed by atoms with van der Waals surface area (Å²) in [5.41, 5.74) is 6.43. The molecule has 0 saturated carbocycles. The highest BCUT2D eigenvalue weighted by Gasteiger charge is 2.34. The van der Waals surface area contributed by atoms with Crippen molar-refractivity contribution in [3.05, 3.63) is 81.7 Å². The van der Waals surface area contributed by atoms with E-state index in [-0.39, 0.29) is 23.7 Å². The molecule has 1 unspecified atom stereocenters. The molecule has 0 radical (unpaired) electrons. The Morgan fingerprint density at radius 1 is 1.15 bits per heavy atom. The van der Waals surface area contributed by atoms with Crippen LogP contribution in [0.3, 0.4) is 0 Å². The summed E-state index contributed by atoms with van der Waals surface area (Å²) in [7, 11) is 0. The molecule has 1 N–H and O–H groups in total. The van der Waals surface area contributed by atoms with Crippen molar-refractivity contribution < 1.29 is 17.2 Å². The lowest BCUT2D eigenvalue weighted by Gasteiger charge is -2.36. The quantitative estimate of drug-likeness (QED) is 0.323. The first-order chi connectivity index (χ1) is 18.3. The second-order valence-corrected chi connectivity index (χ2v) is 12.2. The van der Waals surface area contributed by atoms with Crippen LogP contribution in [0.2, 0.25) is 0 Å². The Bertz CT molecular complexity index is 1530. The highest BCUT2D eigenvalue weighted by Crippen LogP contribution is 2.45. The number of hydrogen-bond acceptors (Lipinski definition) is 4. The molecule has 202 valence electrons. The number of benzene rings is 2. The van der Waals surface area contributed by atoms with Crippen molar-refractivity contribution in [3.63, 3.8) is 0 Å². The van der Waals surface area contributed by atoms with Crippen LogP contribution < -0.4 is 17.7 Å². The molecule has 4 aromatic rings. The second kappa shape index (κ2) is 11.9. The number of aromatic nitrogens is 1. The number of fused-ring (bicyclic) bond motifs is 2. The lowest BCUT2D eigenvalue weighted by atomic mass is 9.69. The van der Waals surface area contributed by atoms with Crippen molar-refractivity contribution in [1.82, 2.24) is 4.98 Å². The number of thiophene rings is 1. The molecule has 1 amide bonds. The number of carbonyl (C=O) groups excluding carboxylic acids is 1. The minimum atomic E-state index is -0.201. The van der Waals surface area contributed by atoms with Crippen LogP contribution in [-0.4, -0.2) is 10.9 Å². The van der Waals surface area contributed by atoms with Gasteiger partial charge in [-0.05, 0) is 60.3 Å². The molecule has 5 rings (SSSR count). The van der Waals surface area contributed by atoms with Crippen LogP contribution in [0.1, 0.15) is 78.9 Å². The van der Waals surface area contributed by atoms with Gasteiger partial charge < -0.3 is 17.7 Å². The summed E-state index contributed by atoms with van der Waals surface area (Å²) >= 11 is 1.58. The van der Waals surface area contributed by atoms with E-state index in [4.69, 9.17) is 4.98 Å². The highest BCUT2D eigenvalue weighted by atomic mass is 35.5. The van der Waals surface area contributed by atoms with E-state index in [1.54, 1.807) is 11.3 Å². The second-order valence-electron chi connectivity index (χ2n) is 11.1. The summed E-state index contributed by atoms with van der Waals surface area (Å²) in [6.07, 6.45) is 6.23. The molecule has 2 heterocycles. The van der Waals surface area contributed by atoms with Gasteiger partial charge in [-0.1, -0.05) is 83.0 Å². The number of anilines is 1. The van der Waals surface area contributed by atoms with E-state index < -0.39 is 0 Å². The van der Waals surface area contributed by atoms with Crippen molar-refractivity contribution in [2.45, 2.75) is 66.2 Å². The Kier molecular flexibility index (Phi) is 8.79. The highest BCUT2D eigenvalue weighted by molar-refractivity contribution is 7.16. The number of halogens is 1. The summed E-state index contributed by atoms with van der Waals surface area (Å²) < 4.78 is 0. The third kappa shape index (κ3) is 5.73. The molecular weight excluding hydrogens is 522 g/mol. The molecule has 1 aliphatic rings. The topological polar surface area (TPSA) is 65.8 Å². The maximum absolute atomic E-state index is 13.8. The van der Waals surface area contributed by atoms with Crippen LogP contribution in [-0.2, 0) is 19.3 Å². The number of pyridine rings is 1. The molecule has 0 bridgehead atoms. The third-order valence-electron chi connectivity index (χ3n) is 8.37. The van der Waals surface area contributed by atoms with Gasteiger partial charge in [0.2, 0.25) is 0 Å². The molecule has 0 spiro atoms. The number of rotatable bonds is 7. The maximum atomic E-state index is 13.8. The normalized spacial score (nSPS) is 14.8. The fourth-order valence-corrected chi connectivity index (χ4v) is 6.83. The van der Waals surface area contributed by atoms with Crippen molar-refractivity contribution in [1.29, 1.82) is 5.26 Å². The van der Waals surface area contributed by atoms with Crippen molar-refractivity contribution in [3.8, 4) is 17.3 Å². The molecule has 1 aliphatic carbocycles. The van der Waals surface area contributed by atoms with E-state index in [9.17, 15) is 10.1 Å². The monoisotopic (exact) mass is 556 g/mol. The first-order valence-electron chi connectivity index (χ1n) is 13.7. The van der Waals surface area contributed by atoms with Gasteiger partial charge in [0.05, 0.1) is 22.3 Å². The van der Waals surface area contributed by atoms with E-state index in [2.05, 4.69) is 63.3 Å². The maximum Gasteiger partial charge on any atom is 0.257 e. The van der Waals surface area contributed by atoms with Crippen LogP contribution >= 0.6 is 11.3 Å². The molecule has 0 aliphatic heterocycles. The zero-order valence-electron chi connectivity index (χ0n) is 23.1. The summed E-state index contributed by atoms with van der Waals surface area (Å²) in [6.45, 7) is 9.11. The van der Waals surface area contributed by atoms with Crippen LogP contribution in [0.5, 0.6) is 0 Å². The van der Waals surface area contributed by atoms with Crippen molar-refractivity contribution >= 4 is 33.1 Å². The zero-order valence-corrected chi connectivity index (χ0v) is 24.7. The van der Waals surface area contributed by atoms with E-state index >= 15 is 0 Å². The fraction of sp³-hybridized carbons (Fsp3) is 0.364. The Hall–Kier alpha value is -3.20. The van der Waals surface area contributed by atoms with Gasteiger partial charge in [0.25, 0.3) is 5.91 Å². The molecule has 2 aromatic heterocycles. The summed E-state index contributed by atoms with van der Waals surface area (Å²) in [6, 6.07) is 20.5. The van der Waals surface area contributed by atoms with E-state index in [0.29, 0.717) is 22.0 Å². The Morgan fingerprint density at radius 2 is 1.90 bits per heavy atom. The first kappa shape index (κ1) is 28.8. The molecule has 2 aromatic carbocycles. The van der Waals surface area contributed by atoms with Crippen molar-refractivity contribution in [2.75, 3.05) is 5.32 Å². The van der Waals surface area contributed by atoms with Gasteiger partial charge in [0.1, 0.15) is 11.1 Å². The Morgan fingerprint density at radius 3 is 2.59 bits per heavy atom. The van der Waals surface area contributed by atoms with Gasteiger partial charge in [0, 0.05) is 15.8 Å². The number of nitrogens with one attached hydrogen (secondary N) is 1. The smallest absolute Gasteiger partial charge is 0.257 e. The standard InChI is InChI=1S/C33H35N3OS.ClH/c1-5-9-21-12-14-22(15-13-21)29-19-26(24-10-7-8-11-28(24)35-29)31(37)36-32-27(20-34)25-17-16-23(18-30(25)38-32)33(3,4)6-2;/h7-8,10-15,19,23H,5-6,9,16-18H2,1-4H3,(H,36,37);1H/p-1. The minimum Gasteiger partial charge on any atom is -1.00 e. The van der Waals surface area contributed by atoms with Gasteiger partial charge in [-0.25, -0.2) is 4.98 Å². The zero-order chi connectivity index (χ0) is 26.9. The van der Waals surface area contributed by atoms with Gasteiger partial charge in [-0.3, -0.25) is 4.79 Å². The molecule has 39 heavy (non-hydrogen) atoms. The SMILES string of the molecule is CCCc1ccc(-c2cc(C(=O)Nc3sc4c(c3C#N)CCC(C(C)(C)CC)C4)c3ccccc3n2)cc1.[Cl-]. The third-order valence-corrected chi connectivity index (χ3v) is 9.54. The van der Waals surface area contributed by atoms with Crippen LogP contribution in [0.15, 0.2) is 54.6 Å². The lowest BCUT2D eigenvalue weighted by molar-refractivity contribution is -0.0000159. The van der Waals surface area contributed by atoms with Gasteiger partial charge in [0.15, 0.2) is 0 Å². The average Bonchev–Trinajstić information content (AvgIpc) is 3.29. The van der Waals surface area contributed by atoms with E-state index in [1.165, 1.54) is 10.4 Å². The van der Waals surface area contributed by atoms with E-state index in [0.717, 1.165) is 66.2 Å². The molecule has 4 nitrogen and oxygen atoms in total. The molecule has 1 atom stereocenters. The van der Waals surface area contributed by atoms with Crippen LogP contribution in [0.4, 0.5) is 5.00 Å². The average molecular weight is 557 g/mol. The predicted octanol–water partition coefficient (Wildman–Crippen LogP) is 5.58. The largest absolute Gasteiger partial charge is 1.00 e. The number of aryl methyl sites for hydroxylation is 1. The lowest BCUT2D eigenvalue weighted by Crippen LogP contribution is -3.00. The molecule has 6 heteroatoms. The number of nitrogens with zero attached hydrogens (tertiary/aromatic N) is 2. The predicted molar refractivity (Wildman–Crippen MR) is 158 cm³/mol. The fourth-order valence-electron chi connectivity index (χ4n) is 5.56. The Balaban J connectivity index is 0.00000353. The van der Waals surface area contributed by atoms with E-state index in [1.807, 2.05) is 30.3 Å². The molecule has 0 saturated heterocycles. The number of carbonyl (C=O) groups is 1. The van der Waals surface area contributed by atoms with Crippen molar-refractivity contribution in [2.24, 2.45) is 11.3 Å². The van der Waals surface area contributed by atoms with Gasteiger partial charge in [-0.2, -0.15) is 5.26 Å². The number of hydrogen-bond donors (Lipinski definition) is 1. The number of nitriles is 1. The summed E-state index contributed by atoms with van der Waals surface area (Å²) in [5, 5.41) is 14.6. The Labute approximate surface area is 241 Å². The minimum absolute atomic E-state index is 0. The number of para-hydroxylation sites is 1.